The van der Waals surface area contributed by atoms with Crippen LogP contribution >= 0.6 is 0 Å². The fourth-order valence-corrected chi connectivity index (χ4v) is 2.23. The average Bonchev–Trinajstić information content (AvgIpc) is 2.51. The lowest BCUT2D eigenvalue weighted by molar-refractivity contribution is -0.124. The molecule has 2 aromatic carbocycles. The van der Waals surface area contributed by atoms with Crippen LogP contribution in [-0.2, 0) is 4.79 Å². The highest BCUT2D eigenvalue weighted by Gasteiger charge is 2.18. The minimum atomic E-state index is -0.422. The van der Waals surface area contributed by atoms with Gasteiger partial charge in [-0.15, -0.1) is 0 Å². The topological polar surface area (TPSA) is 38.3 Å². The first-order chi connectivity index (χ1) is 11.0. The molecule has 0 radical (unpaired) electrons. The van der Waals surface area contributed by atoms with Crippen LogP contribution in [0.5, 0.6) is 5.75 Å². The third kappa shape index (κ3) is 5.06. The van der Waals surface area contributed by atoms with E-state index in [4.69, 9.17) is 4.74 Å². The zero-order valence-corrected chi connectivity index (χ0v) is 13.1. The number of nitrogens with one attached hydrogen (secondary N) is 1. The molecule has 2 aromatic rings. The van der Waals surface area contributed by atoms with Crippen molar-refractivity contribution in [3.8, 4) is 5.75 Å². The molecule has 0 spiro atoms. The highest BCUT2D eigenvalue weighted by molar-refractivity contribution is 5.78. The number of carbonyl (C=O) groups excluding carboxylic acids is 1. The van der Waals surface area contributed by atoms with Gasteiger partial charge in [0.1, 0.15) is 17.4 Å². The van der Waals surface area contributed by atoms with Crippen LogP contribution in [0.2, 0.25) is 0 Å². The molecule has 23 heavy (non-hydrogen) atoms. The zero-order chi connectivity index (χ0) is 16.8. The quantitative estimate of drug-likeness (QED) is 0.878. The first kappa shape index (κ1) is 16.9. The standard InChI is InChI=1S/C18H19F2NO2/c1-12(2)18(13-6-8-14(19)9-7-13)21-17(22)11-23-16-5-3-4-15(20)10-16/h3-10,12,18H,11H2,1-2H3,(H,21,22). The summed E-state index contributed by atoms with van der Waals surface area (Å²) in [5.74, 6) is -0.648. The minimum absolute atomic E-state index is 0.124. The maximum atomic E-state index is 13.1. The van der Waals surface area contributed by atoms with E-state index >= 15 is 0 Å². The molecule has 0 fully saturated rings. The third-order valence-corrected chi connectivity index (χ3v) is 3.38. The predicted octanol–water partition coefficient (Wildman–Crippen LogP) is 3.86. The minimum Gasteiger partial charge on any atom is -0.484 e. The van der Waals surface area contributed by atoms with Crippen molar-refractivity contribution in [2.75, 3.05) is 6.61 Å². The predicted molar refractivity (Wildman–Crippen MR) is 84.0 cm³/mol. The summed E-state index contributed by atoms with van der Waals surface area (Å²) in [6.07, 6.45) is 0. The second-order valence-electron chi connectivity index (χ2n) is 5.59. The molecule has 0 saturated carbocycles. The Morgan fingerprint density at radius 1 is 1.09 bits per heavy atom. The van der Waals surface area contributed by atoms with Gasteiger partial charge in [-0.2, -0.15) is 0 Å². The van der Waals surface area contributed by atoms with Crippen molar-refractivity contribution < 1.29 is 18.3 Å². The molecule has 0 aliphatic carbocycles. The van der Waals surface area contributed by atoms with E-state index in [1.807, 2.05) is 13.8 Å². The Morgan fingerprint density at radius 3 is 2.39 bits per heavy atom. The number of benzene rings is 2. The first-order valence-corrected chi connectivity index (χ1v) is 7.39. The van der Waals surface area contributed by atoms with Crippen molar-refractivity contribution in [3.63, 3.8) is 0 Å². The molecule has 0 saturated heterocycles. The van der Waals surface area contributed by atoms with E-state index in [0.29, 0.717) is 5.75 Å². The maximum Gasteiger partial charge on any atom is 0.258 e. The summed E-state index contributed by atoms with van der Waals surface area (Å²) in [6.45, 7) is 3.71. The molecule has 1 atom stereocenters. The lowest BCUT2D eigenvalue weighted by Crippen LogP contribution is -2.35. The molecular weight excluding hydrogens is 300 g/mol. The van der Waals surface area contributed by atoms with E-state index in [1.54, 1.807) is 18.2 Å². The van der Waals surface area contributed by atoms with E-state index < -0.39 is 5.82 Å². The number of halogens is 2. The summed E-state index contributed by atoms with van der Waals surface area (Å²) < 4.78 is 31.3. The number of rotatable bonds is 6. The average molecular weight is 319 g/mol. The Kier molecular flexibility index (Phi) is 5.68. The van der Waals surface area contributed by atoms with Gasteiger partial charge in [-0.05, 0) is 35.7 Å². The normalized spacial score (nSPS) is 12.0. The molecule has 1 N–H and O–H groups in total. The molecular formula is C18H19F2NO2. The Balaban J connectivity index is 1.97. The molecule has 0 aliphatic heterocycles. The van der Waals surface area contributed by atoms with Gasteiger partial charge in [-0.25, -0.2) is 8.78 Å². The van der Waals surface area contributed by atoms with Gasteiger partial charge in [0.15, 0.2) is 6.61 Å². The molecule has 0 aliphatic rings. The van der Waals surface area contributed by atoms with Crippen molar-refractivity contribution >= 4 is 5.91 Å². The van der Waals surface area contributed by atoms with Crippen LogP contribution in [0.15, 0.2) is 48.5 Å². The molecule has 0 bridgehead atoms. The number of hydrogen-bond donors (Lipinski definition) is 1. The Morgan fingerprint density at radius 2 is 1.78 bits per heavy atom. The Bertz CT molecular complexity index is 656. The molecule has 1 amide bonds. The van der Waals surface area contributed by atoms with Crippen LogP contribution in [0, 0.1) is 17.6 Å². The number of amides is 1. The molecule has 0 aromatic heterocycles. The summed E-state index contributed by atoms with van der Waals surface area (Å²) in [6, 6.07) is 11.4. The fourth-order valence-electron chi connectivity index (χ4n) is 2.23. The van der Waals surface area contributed by atoms with Gasteiger partial charge in [-0.3, -0.25) is 4.79 Å². The molecule has 1 unspecified atom stereocenters. The van der Waals surface area contributed by atoms with Crippen molar-refractivity contribution in [3.05, 3.63) is 65.7 Å². The molecule has 5 heteroatoms. The van der Waals surface area contributed by atoms with Crippen molar-refractivity contribution in [2.45, 2.75) is 19.9 Å². The largest absolute Gasteiger partial charge is 0.484 e. The van der Waals surface area contributed by atoms with Gasteiger partial charge >= 0.3 is 0 Å². The van der Waals surface area contributed by atoms with Crippen LogP contribution in [0.1, 0.15) is 25.5 Å². The fraction of sp³-hybridized carbons (Fsp3) is 0.278. The highest BCUT2D eigenvalue weighted by atomic mass is 19.1. The monoisotopic (exact) mass is 319 g/mol. The van der Waals surface area contributed by atoms with Gasteiger partial charge in [0.05, 0.1) is 6.04 Å². The first-order valence-electron chi connectivity index (χ1n) is 7.39. The second-order valence-corrected chi connectivity index (χ2v) is 5.59. The SMILES string of the molecule is CC(C)C(NC(=O)COc1cccc(F)c1)c1ccc(F)cc1. The van der Waals surface area contributed by atoms with Gasteiger partial charge in [0.25, 0.3) is 5.91 Å². The summed E-state index contributed by atoms with van der Waals surface area (Å²) in [7, 11) is 0. The lowest BCUT2D eigenvalue weighted by Gasteiger charge is -2.23. The Hall–Kier alpha value is -2.43. The van der Waals surface area contributed by atoms with Crippen LogP contribution in [0.25, 0.3) is 0 Å². The highest BCUT2D eigenvalue weighted by Crippen LogP contribution is 2.22. The number of hydrogen-bond acceptors (Lipinski definition) is 2. The smallest absolute Gasteiger partial charge is 0.258 e. The van der Waals surface area contributed by atoms with Crippen molar-refractivity contribution in [1.29, 1.82) is 0 Å². The van der Waals surface area contributed by atoms with Crippen LogP contribution in [0.4, 0.5) is 8.78 Å². The summed E-state index contributed by atoms with van der Waals surface area (Å²) in [5, 5.41) is 2.86. The number of carbonyl (C=O) groups is 1. The third-order valence-electron chi connectivity index (χ3n) is 3.38. The molecule has 0 heterocycles. The van der Waals surface area contributed by atoms with E-state index in [-0.39, 0.29) is 30.3 Å². The summed E-state index contributed by atoms with van der Waals surface area (Å²) in [5.41, 5.74) is 0.820. The van der Waals surface area contributed by atoms with E-state index in [2.05, 4.69) is 5.32 Å². The van der Waals surface area contributed by atoms with Crippen molar-refractivity contribution in [1.82, 2.24) is 5.32 Å². The van der Waals surface area contributed by atoms with Crippen LogP contribution in [-0.4, -0.2) is 12.5 Å². The van der Waals surface area contributed by atoms with Crippen molar-refractivity contribution in [2.24, 2.45) is 5.92 Å². The van der Waals surface area contributed by atoms with Gasteiger partial charge < -0.3 is 10.1 Å². The van der Waals surface area contributed by atoms with Crippen LogP contribution < -0.4 is 10.1 Å². The zero-order valence-electron chi connectivity index (χ0n) is 13.1. The van der Waals surface area contributed by atoms with Gasteiger partial charge in [-0.1, -0.05) is 32.0 Å². The number of ether oxygens (including phenoxy) is 1. The van der Waals surface area contributed by atoms with E-state index in [0.717, 1.165) is 5.56 Å². The lowest BCUT2D eigenvalue weighted by atomic mass is 9.96. The molecule has 3 nitrogen and oxygen atoms in total. The van der Waals surface area contributed by atoms with E-state index in [1.165, 1.54) is 30.3 Å². The second kappa shape index (κ2) is 7.72. The van der Waals surface area contributed by atoms with E-state index in [9.17, 15) is 13.6 Å². The Labute approximate surface area is 134 Å². The summed E-state index contributed by atoms with van der Waals surface area (Å²) in [4.78, 5) is 12.1. The van der Waals surface area contributed by atoms with Crippen LogP contribution in [0.3, 0.4) is 0 Å². The van der Waals surface area contributed by atoms with Gasteiger partial charge in [0, 0.05) is 6.07 Å². The van der Waals surface area contributed by atoms with Gasteiger partial charge in [0.2, 0.25) is 0 Å². The maximum absolute atomic E-state index is 13.1. The molecule has 122 valence electrons. The summed E-state index contributed by atoms with van der Waals surface area (Å²) >= 11 is 0. The molecule has 2 rings (SSSR count).